The zero-order valence-electron chi connectivity index (χ0n) is 16.2. The molecule has 0 heterocycles. The first-order valence-corrected chi connectivity index (χ1v) is 9.08. The molecule has 5 heteroatoms. The van der Waals surface area contributed by atoms with Crippen LogP contribution in [0.1, 0.15) is 45.6 Å². The average molecular weight is 406 g/mol. The fourth-order valence-corrected chi connectivity index (χ4v) is 3.16. The minimum atomic E-state index is -0.828. The number of carbonyl (C=O) groups excluding carboxylic acids is 1. The first kappa shape index (κ1) is 23.5. The van der Waals surface area contributed by atoms with Crippen molar-refractivity contribution in [2.24, 2.45) is 5.41 Å². The molecule has 2 nitrogen and oxygen atoms in total. The van der Waals surface area contributed by atoms with Gasteiger partial charge in [-0.2, -0.15) is 0 Å². The van der Waals surface area contributed by atoms with E-state index in [1.165, 1.54) is 16.5 Å². The first-order valence-electron chi connectivity index (χ1n) is 9.08. The third-order valence-electron chi connectivity index (χ3n) is 4.52. The number of benzene rings is 2. The summed E-state index contributed by atoms with van der Waals surface area (Å²) in [4.78, 5) is 14.5. The molecule has 0 saturated carbocycles. The molecular weight excluding hydrogens is 380 g/mol. The van der Waals surface area contributed by atoms with Crippen molar-refractivity contribution in [1.82, 2.24) is 0 Å². The Labute approximate surface area is 175 Å². The monoisotopic (exact) mass is 406 g/mol. The van der Waals surface area contributed by atoms with Gasteiger partial charge in [0.2, 0.25) is 5.91 Å². The fourth-order valence-electron chi connectivity index (χ4n) is 3.16. The Kier molecular flexibility index (Phi) is 9.34. The van der Waals surface area contributed by atoms with Crippen molar-refractivity contribution in [1.29, 1.82) is 0 Å². The van der Waals surface area contributed by atoms with Gasteiger partial charge in [0, 0.05) is 45.3 Å². The molecule has 0 N–H and O–H groups in total. The molecule has 2 aromatic rings. The van der Waals surface area contributed by atoms with E-state index in [0.717, 1.165) is 18.9 Å². The normalized spacial score (nSPS) is 11.0. The summed E-state index contributed by atoms with van der Waals surface area (Å²) in [5.41, 5.74) is 0.648. The van der Waals surface area contributed by atoms with Crippen LogP contribution in [0.2, 0.25) is 0 Å². The molecule has 27 heavy (non-hydrogen) atoms. The summed E-state index contributed by atoms with van der Waals surface area (Å²) in [6.07, 6.45) is 3.03. The molecule has 2 aromatic carbocycles. The van der Waals surface area contributed by atoms with Crippen LogP contribution in [0.15, 0.2) is 42.5 Å². The van der Waals surface area contributed by atoms with Gasteiger partial charge in [-0.3, -0.25) is 4.79 Å². The third kappa shape index (κ3) is 6.55. The minimum absolute atomic E-state index is 0. The van der Waals surface area contributed by atoms with E-state index in [0.29, 0.717) is 19.4 Å². The number of amides is 1. The Morgan fingerprint density at radius 2 is 1.78 bits per heavy atom. The summed E-state index contributed by atoms with van der Waals surface area (Å²) in [7, 11) is 0. The van der Waals surface area contributed by atoms with Crippen molar-refractivity contribution in [2.75, 3.05) is 11.4 Å². The summed E-state index contributed by atoms with van der Waals surface area (Å²) >= 11 is 0. The number of aryl methyl sites for hydroxylation is 1. The van der Waals surface area contributed by atoms with E-state index in [9.17, 15) is 13.6 Å². The van der Waals surface area contributed by atoms with Gasteiger partial charge in [-0.25, -0.2) is 8.78 Å². The summed E-state index contributed by atoms with van der Waals surface area (Å²) in [6.45, 7) is 6.13. The van der Waals surface area contributed by atoms with E-state index in [1.807, 2.05) is 57.2 Å². The van der Waals surface area contributed by atoms with Crippen molar-refractivity contribution in [3.05, 3.63) is 65.7 Å². The van der Waals surface area contributed by atoms with Gasteiger partial charge in [-0.15, -0.1) is 18.2 Å². The van der Waals surface area contributed by atoms with Gasteiger partial charge in [0.15, 0.2) is 0 Å². The molecule has 144 valence electrons. The average Bonchev–Trinajstić information content (AvgIpc) is 2.60. The largest absolute Gasteiger partial charge is 0.363 e. The summed E-state index contributed by atoms with van der Waals surface area (Å²) in [5, 5.41) is 0. The standard InChI is InChI=1S/C22H26F2NO.Ti/c1-4-14-22(2,3)21(26)25(20-13-12-18(23)16-19(20)24)15-8-11-17-9-6-5-7-10-17;/h5-7,9-10,12-13H,4,8,11,14-15H2,1-3H3;/q-1;. The van der Waals surface area contributed by atoms with Crippen molar-refractivity contribution in [3.63, 3.8) is 0 Å². The maximum absolute atomic E-state index is 14.3. The molecule has 2 rings (SSSR count). The second kappa shape index (κ2) is 10.7. The summed E-state index contributed by atoms with van der Waals surface area (Å²) in [5.74, 6) is -1.74. The Bertz CT molecular complexity index is 734. The van der Waals surface area contributed by atoms with Crippen LogP contribution in [0.5, 0.6) is 0 Å². The predicted molar refractivity (Wildman–Crippen MR) is 101 cm³/mol. The van der Waals surface area contributed by atoms with E-state index >= 15 is 0 Å². The van der Waals surface area contributed by atoms with E-state index in [-0.39, 0.29) is 33.3 Å². The molecule has 0 bridgehead atoms. The number of halogens is 2. The molecule has 0 radical (unpaired) electrons. The molecule has 1 amide bonds. The molecule has 0 aliphatic heterocycles. The zero-order chi connectivity index (χ0) is 19.2. The van der Waals surface area contributed by atoms with Crippen LogP contribution in [0, 0.1) is 23.1 Å². The summed E-state index contributed by atoms with van der Waals surface area (Å²) in [6, 6.07) is 14.5. The number of anilines is 1. The quantitative estimate of drug-likeness (QED) is 0.416. The smallest absolute Gasteiger partial charge is 0.221 e. The van der Waals surface area contributed by atoms with E-state index in [4.69, 9.17) is 0 Å². The van der Waals surface area contributed by atoms with E-state index in [1.54, 1.807) is 0 Å². The van der Waals surface area contributed by atoms with Crippen LogP contribution in [-0.4, -0.2) is 12.5 Å². The number of hydrogen-bond donors (Lipinski definition) is 0. The molecule has 0 unspecified atom stereocenters. The number of nitrogens with zero attached hydrogens (tertiary/aromatic N) is 1. The number of hydrogen-bond acceptors (Lipinski definition) is 1. The van der Waals surface area contributed by atoms with Crippen molar-refractivity contribution < 1.29 is 35.3 Å². The Balaban J connectivity index is 0.00000364. The molecule has 0 atom stereocenters. The van der Waals surface area contributed by atoms with Crippen molar-refractivity contribution >= 4 is 11.6 Å². The second-order valence-electron chi connectivity index (χ2n) is 7.19. The van der Waals surface area contributed by atoms with Crippen LogP contribution in [0.4, 0.5) is 14.5 Å². The molecule has 0 spiro atoms. The van der Waals surface area contributed by atoms with Gasteiger partial charge >= 0.3 is 0 Å². The zero-order valence-corrected chi connectivity index (χ0v) is 17.7. The van der Waals surface area contributed by atoms with Crippen molar-refractivity contribution in [3.8, 4) is 0 Å². The van der Waals surface area contributed by atoms with Gasteiger partial charge in [-0.1, -0.05) is 57.5 Å². The molecule has 0 aliphatic rings. The number of rotatable bonds is 8. The van der Waals surface area contributed by atoms with Gasteiger partial charge in [0.25, 0.3) is 0 Å². The third-order valence-corrected chi connectivity index (χ3v) is 4.52. The Morgan fingerprint density at radius 1 is 1.11 bits per heavy atom. The van der Waals surface area contributed by atoms with Crippen LogP contribution in [-0.2, 0) is 32.9 Å². The number of carbonyl (C=O) groups is 1. The molecular formula is C22H26F2NOTi-. The SMILES string of the molecule is CCCC(C)(C)C(=O)N(CCCc1ccccc1)c1ccc(F)[c-]c1F.[Ti]. The summed E-state index contributed by atoms with van der Waals surface area (Å²) < 4.78 is 27.5. The van der Waals surface area contributed by atoms with Crippen LogP contribution < -0.4 is 4.90 Å². The molecule has 0 aliphatic carbocycles. The molecule has 0 fully saturated rings. The molecule has 0 aromatic heterocycles. The maximum Gasteiger partial charge on any atom is 0.221 e. The Hall–Kier alpha value is -1.52. The van der Waals surface area contributed by atoms with Gasteiger partial charge in [0.05, 0.1) is 0 Å². The van der Waals surface area contributed by atoms with Crippen LogP contribution >= 0.6 is 0 Å². The molecule has 0 saturated heterocycles. The predicted octanol–water partition coefficient (Wildman–Crippen LogP) is 5.55. The second-order valence-corrected chi connectivity index (χ2v) is 7.19. The van der Waals surface area contributed by atoms with E-state index < -0.39 is 17.0 Å². The van der Waals surface area contributed by atoms with E-state index in [2.05, 4.69) is 0 Å². The van der Waals surface area contributed by atoms with Gasteiger partial charge < -0.3 is 4.90 Å². The Morgan fingerprint density at radius 3 is 2.37 bits per heavy atom. The topological polar surface area (TPSA) is 20.3 Å². The van der Waals surface area contributed by atoms with Gasteiger partial charge in [0.1, 0.15) is 0 Å². The van der Waals surface area contributed by atoms with Crippen LogP contribution in [0.25, 0.3) is 0 Å². The fraction of sp³-hybridized carbons (Fsp3) is 0.409. The van der Waals surface area contributed by atoms with Crippen LogP contribution in [0.3, 0.4) is 0 Å². The van der Waals surface area contributed by atoms with Gasteiger partial charge in [-0.05, 0) is 30.5 Å². The minimum Gasteiger partial charge on any atom is -0.363 e. The van der Waals surface area contributed by atoms with Crippen molar-refractivity contribution in [2.45, 2.75) is 46.5 Å². The maximum atomic E-state index is 14.3. The first-order chi connectivity index (χ1) is 12.3.